The zero-order valence-corrected chi connectivity index (χ0v) is 21.0. The number of hydrogen-bond donors (Lipinski definition) is 2. The molecule has 1 amide bonds. The largest absolute Gasteiger partial charge is 0.507 e. The molecule has 0 unspecified atom stereocenters. The number of phenolic OH excluding ortho intramolecular Hbond substituents is 1. The van der Waals surface area contributed by atoms with Gasteiger partial charge in [0.2, 0.25) is 0 Å². The highest BCUT2D eigenvalue weighted by molar-refractivity contribution is 6.46. The average Bonchev–Trinajstić information content (AvgIpc) is 3.10. The van der Waals surface area contributed by atoms with Crippen LogP contribution in [0.1, 0.15) is 43.5 Å². The molecule has 2 N–H and O–H groups in total. The molecule has 0 radical (unpaired) electrons. The molecule has 1 fully saturated rings. The molecule has 1 aliphatic heterocycles. The van der Waals surface area contributed by atoms with E-state index in [4.69, 9.17) is 9.47 Å². The summed E-state index contributed by atoms with van der Waals surface area (Å²) >= 11 is 0. The molecule has 2 aromatic carbocycles. The molecule has 1 heterocycles. The lowest BCUT2D eigenvalue weighted by Gasteiger charge is -2.28. The summed E-state index contributed by atoms with van der Waals surface area (Å²) in [7, 11) is 1.55. The van der Waals surface area contributed by atoms with Crippen molar-refractivity contribution in [2.24, 2.45) is 0 Å². The average molecular weight is 483 g/mol. The third kappa shape index (κ3) is 5.27. The first kappa shape index (κ1) is 26.1. The summed E-state index contributed by atoms with van der Waals surface area (Å²) < 4.78 is 10.8. The highest BCUT2D eigenvalue weighted by atomic mass is 16.5. The van der Waals surface area contributed by atoms with Gasteiger partial charge in [0, 0.05) is 18.7 Å². The smallest absolute Gasteiger partial charge is 0.295 e. The first-order chi connectivity index (χ1) is 16.8. The number of aliphatic hydroxyl groups is 1. The maximum atomic E-state index is 13.3. The SMILES string of the molecule is CCOc1cc([C@H]2/C(=C(\O)c3ccc(OC)cc3C)C(=O)C(=O)N2CCN(CC)CC)ccc1O. The molecule has 188 valence electrons. The van der Waals surface area contributed by atoms with Crippen molar-refractivity contribution in [3.05, 3.63) is 58.7 Å². The Morgan fingerprint density at radius 3 is 2.40 bits per heavy atom. The zero-order chi connectivity index (χ0) is 25.7. The Bertz CT molecular complexity index is 1120. The number of hydrogen-bond acceptors (Lipinski definition) is 7. The summed E-state index contributed by atoms with van der Waals surface area (Å²) in [5, 5.41) is 21.6. The van der Waals surface area contributed by atoms with E-state index < -0.39 is 17.7 Å². The molecule has 0 aliphatic carbocycles. The van der Waals surface area contributed by atoms with Gasteiger partial charge in [-0.3, -0.25) is 9.59 Å². The zero-order valence-electron chi connectivity index (χ0n) is 21.0. The van der Waals surface area contributed by atoms with Gasteiger partial charge in [0.1, 0.15) is 11.5 Å². The monoisotopic (exact) mass is 482 g/mol. The molecular weight excluding hydrogens is 448 g/mol. The molecule has 3 rings (SSSR count). The van der Waals surface area contributed by atoms with Crippen molar-refractivity contribution >= 4 is 17.4 Å². The van der Waals surface area contributed by atoms with Crippen LogP contribution in [-0.2, 0) is 9.59 Å². The van der Waals surface area contributed by atoms with Gasteiger partial charge in [-0.2, -0.15) is 0 Å². The van der Waals surface area contributed by atoms with Crippen LogP contribution >= 0.6 is 0 Å². The summed E-state index contributed by atoms with van der Waals surface area (Å²) in [4.78, 5) is 30.1. The number of nitrogens with zero attached hydrogens (tertiary/aromatic N) is 2. The van der Waals surface area contributed by atoms with Gasteiger partial charge in [-0.25, -0.2) is 0 Å². The third-order valence-corrected chi connectivity index (χ3v) is 6.38. The van der Waals surface area contributed by atoms with E-state index in [0.29, 0.717) is 42.1 Å². The lowest BCUT2D eigenvalue weighted by molar-refractivity contribution is -0.140. The van der Waals surface area contributed by atoms with E-state index in [1.807, 2.05) is 13.8 Å². The van der Waals surface area contributed by atoms with Crippen LogP contribution in [-0.4, -0.2) is 71.6 Å². The molecule has 8 nitrogen and oxygen atoms in total. The molecule has 1 atom stereocenters. The molecule has 35 heavy (non-hydrogen) atoms. The summed E-state index contributed by atoms with van der Waals surface area (Å²) in [6, 6.07) is 9.04. The van der Waals surface area contributed by atoms with Gasteiger partial charge in [0.15, 0.2) is 11.5 Å². The second-order valence-electron chi connectivity index (χ2n) is 8.36. The normalized spacial score (nSPS) is 17.3. The predicted molar refractivity (Wildman–Crippen MR) is 134 cm³/mol. The molecule has 2 aromatic rings. The summed E-state index contributed by atoms with van der Waals surface area (Å²) in [6.45, 7) is 10.5. The number of phenols is 1. The number of likely N-dealkylation sites (tertiary alicyclic amines) is 1. The van der Waals surface area contributed by atoms with E-state index in [1.165, 1.54) is 11.0 Å². The second-order valence-corrected chi connectivity index (χ2v) is 8.36. The number of aliphatic hydroxyl groups excluding tert-OH is 1. The standard InChI is InChI=1S/C27H34N2O6/c1-6-28(7-2)13-14-29-24(18-9-12-21(30)22(16-18)35-8-3)23(26(32)27(29)33)25(31)20-11-10-19(34-5)15-17(20)4/h9-12,15-16,24,30-31H,6-8,13-14H2,1-5H3/b25-23+/t24-/m0/s1. The van der Waals surface area contributed by atoms with E-state index in [2.05, 4.69) is 4.90 Å². The van der Waals surface area contributed by atoms with Crippen molar-refractivity contribution in [1.82, 2.24) is 9.80 Å². The van der Waals surface area contributed by atoms with Crippen molar-refractivity contribution in [3.63, 3.8) is 0 Å². The van der Waals surface area contributed by atoms with E-state index in [1.54, 1.807) is 51.3 Å². The molecule has 8 heteroatoms. The Morgan fingerprint density at radius 1 is 1.09 bits per heavy atom. The highest BCUT2D eigenvalue weighted by Crippen LogP contribution is 2.42. The van der Waals surface area contributed by atoms with Gasteiger partial charge in [-0.15, -0.1) is 0 Å². The number of Topliss-reactive ketones (excluding diaryl/α,β-unsaturated/α-hetero) is 1. The van der Waals surface area contributed by atoms with Gasteiger partial charge in [0.05, 0.1) is 25.3 Å². The number of aromatic hydroxyl groups is 1. The van der Waals surface area contributed by atoms with Crippen LogP contribution in [0.15, 0.2) is 42.0 Å². The number of ketones is 1. The van der Waals surface area contributed by atoms with Gasteiger partial charge in [-0.1, -0.05) is 19.9 Å². The Kier molecular flexibility index (Phi) is 8.40. The van der Waals surface area contributed by atoms with E-state index in [-0.39, 0.29) is 22.8 Å². The lowest BCUT2D eigenvalue weighted by atomic mass is 9.93. The molecule has 0 bridgehead atoms. The molecule has 0 saturated carbocycles. The van der Waals surface area contributed by atoms with Gasteiger partial charge in [-0.05, 0) is 68.4 Å². The minimum absolute atomic E-state index is 0.0101. The van der Waals surface area contributed by atoms with Crippen LogP contribution in [0.3, 0.4) is 0 Å². The minimum Gasteiger partial charge on any atom is -0.507 e. The van der Waals surface area contributed by atoms with Crippen molar-refractivity contribution < 1.29 is 29.3 Å². The molecule has 1 saturated heterocycles. The highest BCUT2D eigenvalue weighted by Gasteiger charge is 2.46. The maximum absolute atomic E-state index is 13.3. The van der Waals surface area contributed by atoms with Crippen LogP contribution in [0.2, 0.25) is 0 Å². The topological polar surface area (TPSA) is 99.5 Å². The molecule has 0 spiro atoms. The number of carbonyl (C=O) groups is 2. The van der Waals surface area contributed by atoms with Crippen LogP contribution < -0.4 is 9.47 Å². The second kappa shape index (κ2) is 11.3. The number of carbonyl (C=O) groups excluding carboxylic acids is 2. The first-order valence-corrected chi connectivity index (χ1v) is 11.9. The number of amides is 1. The molecular formula is C27H34N2O6. The van der Waals surface area contributed by atoms with Crippen molar-refractivity contribution in [1.29, 1.82) is 0 Å². The fourth-order valence-electron chi connectivity index (χ4n) is 4.39. The number of rotatable bonds is 10. The van der Waals surface area contributed by atoms with Crippen LogP contribution in [0, 0.1) is 6.92 Å². The number of aryl methyl sites for hydroxylation is 1. The third-order valence-electron chi connectivity index (χ3n) is 6.38. The van der Waals surface area contributed by atoms with Crippen LogP contribution in [0.4, 0.5) is 0 Å². The molecule has 0 aromatic heterocycles. The number of benzene rings is 2. The summed E-state index contributed by atoms with van der Waals surface area (Å²) in [6.07, 6.45) is 0. The van der Waals surface area contributed by atoms with Gasteiger partial charge >= 0.3 is 0 Å². The minimum atomic E-state index is -0.827. The maximum Gasteiger partial charge on any atom is 0.295 e. The predicted octanol–water partition coefficient (Wildman–Crippen LogP) is 3.87. The lowest BCUT2D eigenvalue weighted by Crippen LogP contribution is -2.38. The fraction of sp³-hybridized carbons (Fsp3) is 0.407. The Labute approximate surface area is 206 Å². The van der Waals surface area contributed by atoms with E-state index in [0.717, 1.165) is 13.1 Å². The van der Waals surface area contributed by atoms with Crippen molar-refractivity contribution in [2.45, 2.75) is 33.7 Å². The van der Waals surface area contributed by atoms with Crippen molar-refractivity contribution in [2.75, 3.05) is 39.9 Å². The Balaban J connectivity index is 2.17. The quantitative estimate of drug-likeness (QED) is 0.301. The van der Waals surface area contributed by atoms with Gasteiger partial charge in [0.25, 0.3) is 11.7 Å². The van der Waals surface area contributed by atoms with E-state index >= 15 is 0 Å². The Hall–Kier alpha value is -3.52. The summed E-state index contributed by atoms with van der Waals surface area (Å²) in [5.41, 5.74) is 1.73. The Morgan fingerprint density at radius 2 is 1.80 bits per heavy atom. The fourth-order valence-corrected chi connectivity index (χ4v) is 4.39. The summed E-state index contributed by atoms with van der Waals surface area (Å²) in [5.74, 6) is -0.823. The van der Waals surface area contributed by atoms with Crippen LogP contribution in [0.5, 0.6) is 17.2 Å². The first-order valence-electron chi connectivity index (χ1n) is 11.9. The molecule has 1 aliphatic rings. The van der Waals surface area contributed by atoms with E-state index in [9.17, 15) is 19.8 Å². The van der Waals surface area contributed by atoms with Crippen molar-refractivity contribution in [3.8, 4) is 17.2 Å². The number of likely N-dealkylation sites (N-methyl/N-ethyl adjacent to an activating group) is 1. The van der Waals surface area contributed by atoms with Gasteiger partial charge < -0.3 is 29.5 Å². The number of methoxy groups -OCH3 is 1. The number of ether oxygens (including phenoxy) is 2. The van der Waals surface area contributed by atoms with Crippen LogP contribution in [0.25, 0.3) is 5.76 Å².